The molecule has 2 aliphatic carbocycles. The number of rotatable bonds is 6. The summed E-state index contributed by atoms with van der Waals surface area (Å²) in [6, 6.07) is 18.3. The molecule has 0 N–H and O–H groups in total. The number of benzene rings is 2. The largest absolute Gasteiger partial charge is 1.00 e. The minimum atomic E-state index is 0. The van der Waals surface area contributed by atoms with E-state index in [0.717, 1.165) is 12.8 Å². The van der Waals surface area contributed by atoms with Gasteiger partial charge in [-0.3, -0.25) is 6.08 Å². The maximum atomic E-state index is 3.67. The van der Waals surface area contributed by atoms with Crippen LogP contribution < -0.4 is 24.8 Å². The van der Waals surface area contributed by atoms with Crippen molar-refractivity contribution in [3.05, 3.63) is 83.0 Å². The smallest absolute Gasteiger partial charge is 0.109 e. The van der Waals surface area contributed by atoms with Gasteiger partial charge in [0.1, 0.15) is 0 Å². The van der Waals surface area contributed by atoms with Crippen LogP contribution in [0.1, 0.15) is 110 Å². The summed E-state index contributed by atoms with van der Waals surface area (Å²) >= 11 is 1.86. The fourth-order valence-corrected chi connectivity index (χ4v) is 8.69. The van der Waals surface area contributed by atoms with Gasteiger partial charge in [0.15, 0.2) is 0 Å². The summed E-state index contributed by atoms with van der Waals surface area (Å²) in [6.45, 7) is 18.2. The summed E-state index contributed by atoms with van der Waals surface area (Å²) in [4.78, 5) is 0. The van der Waals surface area contributed by atoms with Crippen LogP contribution in [0.3, 0.4) is 0 Å². The average Bonchev–Trinajstić information content (AvgIpc) is 3.51. The minimum absolute atomic E-state index is 0. The monoisotopic (exact) mass is 644 g/mol. The Morgan fingerprint density at radius 1 is 0.842 bits per heavy atom. The number of fused-ring (bicyclic) bond motifs is 3. The molecule has 0 unspecified atom stereocenters. The molecule has 0 amide bonds. The summed E-state index contributed by atoms with van der Waals surface area (Å²) < 4.78 is 0. The SMILES string of the molecule is CC(C)(C)c1[c-]c2c(cc1)-c1ccc(C(C)(C)C)cc1C2.CCCC[Si](=[Zr+2])CCCC.[C-]1=CC=CC1.[Cl-].[Cl-]. The number of unbranched alkanes of at least 4 members (excludes halogenated alkanes) is 2. The molecule has 2 aliphatic rings. The molecule has 4 rings (SSSR count). The van der Waals surface area contributed by atoms with Gasteiger partial charge in [-0.05, 0) is 28.4 Å². The number of halogens is 2. The molecule has 0 aromatic heterocycles. The summed E-state index contributed by atoms with van der Waals surface area (Å²) in [5.74, 6) is 0. The van der Waals surface area contributed by atoms with E-state index < -0.39 is 0 Å². The van der Waals surface area contributed by atoms with E-state index >= 15 is 0 Å². The van der Waals surface area contributed by atoms with Crippen molar-refractivity contribution < 1.29 is 48.1 Å². The standard InChI is InChI=1S/C21H25.C8H18Si.C5H5.2ClH.Zr/c1-20(2,3)16-7-9-18-14(12-16)11-15-13-17(21(4,5)6)8-10-19(15)18;1-3-5-7-9-8-6-4-2;1-2-4-5-3-1;;;/h7-10,12H,11H2,1-6H3;3-8H2,1-2H3;1-3H,4H2;2*1H;/q-1;;-1;;;+2/p-2. The summed E-state index contributed by atoms with van der Waals surface area (Å²) in [5.41, 5.74) is 8.88. The molecule has 0 saturated heterocycles. The van der Waals surface area contributed by atoms with Crippen molar-refractivity contribution in [1.29, 1.82) is 0 Å². The zero-order chi connectivity index (χ0) is 26.8. The van der Waals surface area contributed by atoms with E-state index in [9.17, 15) is 0 Å². The molecule has 0 nitrogen and oxygen atoms in total. The van der Waals surface area contributed by atoms with E-state index in [1.54, 1.807) is 12.1 Å². The summed E-state index contributed by atoms with van der Waals surface area (Å²) in [7, 11) is 0. The van der Waals surface area contributed by atoms with Crippen molar-refractivity contribution in [2.45, 2.75) is 117 Å². The number of hydrogen-bond acceptors (Lipinski definition) is 0. The molecule has 0 fully saturated rings. The van der Waals surface area contributed by atoms with Gasteiger partial charge in [0.25, 0.3) is 0 Å². The topological polar surface area (TPSA) is 0 Å². The predicted molar refractivity (Wildman–Crippen MR) is 158 cm³/mol. The molecule has 0 saturated carbocycles. The average molecular weight is 647 g/mol. The third-order valence-corrected chi connectivity index (χ3v) is 12.3. The molecule has 0 heterocycles. The van der Waals surface area contributed by atoms with Crippen LogP contribution in [0.2, 0.25) is 12.1 Å². The number of allylic oxidation sites excluding steroid dienone is 4. The first-order valence-electron chi connectivity index (χ1n) is 13.9. The molecule has 2 aromatic carbocycles. The van der Waals surface area contributed by atoms with Crippen molar-refractivity contribution >= 4 is 5.43 Å². The second-order valence-electron chi connectivity index (χ2n) is 12.1. The first-order chi connectivity index (χ1) is 17.0. The Kier molecular flexibility index (Phi) is 17.9. The maximum Gasteiger partial charge on any atom is -0.109 e. The molecule has 0 radical (unpaired) electrons. The first-order valence-corrected chi connectivity index (χ1v) is 19.5. The molecule has 38 heavy (non-hydrogen) atoms. The van der Waals surface area contributed by atoms with Gasteiger partial charge in [-0.15, -0.1) is 17.5 Å². The van der Waals surface area contributed by atoms with Crippen LogP contribution in [0, 0.1) is 12.1 Å². The van der Waals surface area contributed by atoms with Gasteiger partial charge < -0.3 is 24.8 Å². The number of hydrogen-bond donors (Lipinski definition) is 0. The predicted octanol–water partition coefficient (Wildman–Crippen LogP) is 4.09. The molecule has 0 bridgehead atoms. The van der Waals surface area contributed by atoms with Gasteiger partial charge >= 0.3 is 80.4 Å². The van der Waals surface area contributed by atoms with Gasteiger partial charge in [-0.2, -0.15) is 29.8 Å². The van der Waals surface area contributed by atoms with E-state index in [2.05, 4.69) is 104 Å². The van der Waals surface area contributed by atoms with Crippen molar-refractivity contribution in [3.8, 4) is 11.1 Å². The third-order valence-electron chi connectivity index (χ3n) is 6.71. The Bertz CT molecular complexity index is 974. The first kappa shape index (κ1) is 37.6. The Morgan fingerprint density at radius 3 is 1.89 bits per heavy atom. The summed E-state index contributed by atoms with van der Waals surface area (Å²) in [5, 5.41) is 0. The van der Waals surface area contributed by atoms with Crippen molar-refractivity contribution in [2.24, 2.45) is 0 Å². The van der Waals surface area contributed by atoms with Crippen LogP contribution >= 0.6 is 0 Å². The maximum absolute atomic E-state index is 3.67. The van der Waals surface area contributed by atoms with Crippen molar-refractivity contribution in [3.63, 3.8) is 0 Å². The van der Waals surface area contributed by atoms with Crippen LogP contribution in [-0.2, 0) is 40.6 Å². The second-order valence-corrected chi connectivity index (χ2v) is 19.5. The van der Waals surface area contributed by atoms with Gasteiger partial charge in [0, 0.05) is 0 Å². The molecule has 208 valence electrons. The van der Waals surface area contributed by atoms with E-state index in [1.165, 1.54) is 59.1 Å². The second kappa shape index (κ2) is 18.1. The Balaban J connectivity index is 0.000000676. The molecular weight excluding hydrogens is 599 g/mol. The van der Waals surface area contributed by atoms with Crippen LogP contribution in [0.5, 0.6) is 0 Å². The minimum Gasteiger partial charge on any atom is -1.00 e. The molecule has 0 atom stereocenters. The van der Waals surface area contributed by atoms with E-state index in [1.807, 2.05) is 35.5 Å². The van der Waals surface area contributed by atoms with E-state index in [4.69, 9.17) is 0 Å². The third kappa shape index (κ3) is 12.4. The fourth-order valence-electron chi connectivity index (χ4n) is 4.27. The Hall–Kier alpha value is -0.400. The van der Waals surface area contributed by atoms with Crippen LogP contribution in [0.15, 0.2) is 48.6 Å². The van der Waals surface area contributed by atoms with E-state index in [0.29, 0.717) is 0 Å². The fraction of sp³-hybridized carbons (Fsp3) is 0.529. The summed E-state index contributed by atoms with van der Waals surface area (Å²) in [6.07, 6.45) is 16.8. The molecule has 0 spiro atoms. The van der Waals surface area contributed by atoms with Gasteiger partial charge in [-0.25, -0.2) is 12.2 Å². The Morgan fingerprint density at radius 2 is 1.45 bits per heavy atom. The normalized spacial score (nSPS) is 12.7. The molecule has 4 heteroatoms. The van der Waals surface area contributed by atoms with E-state index in [-0.39, 0.29) is 41.1 Å². The quantitative estimate of drug-likeness (QED) is 0.280. The van der Waals surface area contributed by atoms with Crippen LogP contribution in [0.25, 0.3) is 11.1 Å². The van der Waals surface area contributed by atoms with Crippen molar-refractivity contribution in [1.82, 2.24) is 0 Å². The van der Waals surface area contributed by atoms with Gasteiger partial charge in [-0.1, -0.05) is 65.3 Å². The molecular formula is C34H48Cl2SiZr-2. The van der Waals surface area contributed by atoms with Crippen LogP contribution in [0.4, 0.5) is 0 Å². The molecule has 2 aromatic rings. The van der Waals surface area contributed by atoms with Gasteiger partial charge in [0.2, 0.25) is 0 Å². The zero-order valence-corrected chi connectivity index (χ0v) is 30.0. The Labute approximate surface area is 262 Å². The van der Waals surface area contributed by atoms with Crippen molar-refractivity contribution in [2.75, 3.05) is 0 Å². The van der Waals surface area contributed by atoms with Crippen LogP contribution in [-0.4, -0.2) is 5.43 Å². The zero-order valence-electron chi connectivity index (χ0n) is 25.0. The molecule has 0 aliphatic heterocycles. The van der Waals surface area contributed by atoms with Gasteiger partial charge in [0.05, 0.1) is 0 Å².